The van der Waals surface area contributed by atoms with Crippen molar-refractivity contribution in [1.29, 1.82) is 0 Å². The lowest BCUT2D eigenvalue weighted by molar-refractivity contribution is 0.647. The normalized spacial score (nSPS) is 10.7. The van der Waals surface area contributed by atoms with Gasteiger partial charge in [0.25, 0.3) is 0 Å². The quantitative estimate of drug-likeness (QED) is 0.873. The first-order valence-electron chi connectivity index (χ1n) is 4.23. The molecule has 0 saturated carbocycles. The van der Waals surface area contributed by atoms with Crippen molar-refractivity contribution >= 4 is 22.9 Å². The van der Waals surface area contributed by atoms with Gasteiger partial charge < -0.3 is 5.73 Å². The van der Waals surface area contributed by atoms with Crippen LogP contribution in [0.15, 0.2) is 23.7 Å². The Morgan fingerprint density at radius 2 is 2.43 bits per heavy atom. The minimum atomic E-state index is 0.512. The van der Waals surface area contributed by atoms with Gasteiger partial charge in [0.15, 0.2) is 0 Å². The highest BCUT2D eigenvalue weighted by Gasteiger charge is 2.03. The Morgan fingerprint density at radius 3 is 3.07 bits per heavy atom. The van der Waals surface area contributed by atoms with Gasteiger partial charge in [-0.25, -0.2) is 0 Å². The zero-order chi connectivity index (χ0) is 9.97. The summed E-state index contributed by atoms with van der Waals surface area (Å²) >= 11 is 7.37. The molecule has 14 heavy (non-hydrogen) atoms. The van der Waals surface area contributed by atoms with Gasteiger partial charge in [-0.3, -0.25) is 4.68 Å². The molecule has 0 amide bonds. The van der Waals surface area contributed by atoms with E-state index in [9.17, 15) is 0 Å². The summed E-state index contributed by atoms with van der Waals surface area (Å²) in [4.78, 5) is 0. The minimum absolute atomic E-state index is 0.512. The maximum atomic E-state index is 5.84. The molecule has 5 heteroatoms. The summed E-state index contributed by atoms with van der Waals surface area (Å²) in [5, 5.41) is 6.22. The van der Waals surface area contributed by atoms with E-state index < -0.39 is 0 Å². The molecule has 0 atom stereocenters. The highest BCUT2D eigenvalue weighted by Crippen LogP contribution is 2.20. The Morgan fingerprint density at radius 1 is 1.57 bits per heavy atom. The number of halogens is 1. The third-order valence-corrected chi connectivity index (χ3v) is 3.11. The third-order valence-electron chi connectivity index (χ3n) is 1.97. The molecule has 2 heterocycles. The van der Waals surface area contributed by atoms with Gasteiger partial charge in [-0.15, -0.1) is 11.3 Å². The molecule has 74 valence electrons. The fourth-order valence-corrected chi connectivity index (χ4v) is 2.18. The van der Waals surface area contributed by atoms with Gasteiger partial charge in [-0.1, -0.05) is 11.6 Å². The first-order valence-corrected chi connectivity index (χ1v) is 5.49. The van der Waals surface area contributed by atoms with Crippen molar-refractivity contribution in [1.82, 2.24) is 9.78 Å². The van der Waals surface area contributed by atoms with Crippen molar-refractivity contribution in [3.05, 3.63) is 39.3 Å². The van der Waals surface area contributed by atoms with Crippen molar-refractivity contribution in [2.45, 2.75) is 13.1 Å². The number of nitrogens with zero attached hydrogens (tertiary/aromatic N) is 2. The number of nitrogens with two attached hydrogens (primary N) is 1. The van der Waals surface area contributed by atoms with Crippen LogP contribution in [0, 0.1) is 0 Å². The van der Waals surface area contributed by atoms with Crippen LogP contribution in [0.3, 0.4) is 0 Å². The van der Waals surface area contributed by atoms with E-state index in [4.69, 9.17) is 17.3 Å². The third kappa shape index (κ3) is 1.97. The molecular weight excluding hydrogens is 218 g/mol. The maximum Gasteiger partial charge on any atom is 0.0931 e. The number of hydrogen-bond donors (Lipinski definition) is 1. The van der Waals surface area contributed by atoms with Gasteiger partial charge in [0.05, 0.1) is 16.6 Å². The second-order valence-electron chi connectivity index (χ2n) is 2.94. The summed E-state index contributed by atoms with van der Waals surface area (Å²) in [6, 6.07) is 3.88. The Bertz CT molecular complexity index is 421. The summed E-state index contributed by atoms with van der Waals surface area (Å²) in [6.07, 6.45) is 1.76. The van der Waals surface area contributed by atoms with E-state index in [-0.39, 0.29) is 0 Å². The Labute approximate surface area is 91.1 Å². The first kappa shape index (κ1) is 9.71. The van der Waals surface area contributed by atoms with Crippen LogP contribution in [0.4, 0.5) is 0 Å². The Hall–Kier alpha value is -0.840. The van der Waals surface area contributed by atoms with Gasteiger partial charge in [-0.2, -0.15) is 5.10 Å². The van der Waals surface area contributed by atoms with Gasteiger partial charge >= 0.3 is 0 Å². The molecule has 0 aliphatic carbocycles. The van der Waals surface area contributed by atoms with Gasteiger partial charge in [0.1, 0.15) is 0 Å². The van der Waals surface area contributed by atoms with E-state index >= 15 is 0 Å². The number of hydrogen-bond acceptors (Lipinski definition) is 3. The van der Waals surface area contributed by atoms with Crippen molar-refractivity contribution in [2.75, 3.05) is 0 Å². The molecule has 2 aromatic heterocycles. The molecule has 2 aromatic rings. The average molecular weight is 228 g/mol. The van der Waals surface area contributed by atoms with Gasteiger partial charge in [0.2, 0.25) is 0 Å². The largest absolute Gasteiger partial charge is 0.325 e. The number of rotatable bonds is 3. The first-order chi connectivity index (χ1) is 6.79. The molecule has 0 bridgehead atoms. The number of aromatic nitrogens is 2. The smallest absolute Gasteiger partial charge is 0.0931 e. The monoisotopic (exact) mass is 227 g/mol. The van der Waals surface area contributed by atoms with Gasteiger partial charge in [-0.05, 0) is 23.1 Å². The standard InChI is InChI=1S/C9H10ClN3S/c10-9-3-7(6-14-9)5-13-8(4-11)1-2-12-13/h1-3,6H,4-5,11H2. The molecule has 2 N–H and O–H groups in total. The summed E-state index contributed by atoms with van der Waals surface area (Å²) in [7, 11) is 0. The van der Waals surface area contributed by atoms with E-state index in [0.717, 1.165) is 16.6 Å². The molecule has 0 fully saturated rings. The molecule has 0 saturated heterocycles. The van der Waals surface area contributed by atoms with E-state index in [1.165, 1.54) is 16.9 Å². The molecule has 3 nitrogen and oxygen atoms in total. The molecule has 0 aliphatic heterocycles. The van der Waals surface area contributed by atoms with Crippen LogP contribution >= 0.6 is 22.9 Å². The summed E-state index contributed by atoms with van der Waals surface area (Å²) < 4.78 is 2.69. The zero-order valence-corrected chi connectivity index (χ0v) is 9.05. The molecular formula is C9H10ClN3S. The fourth-order valence-electron chi connectivity index (χ4n) is 1.28. The second-order valence-corrected chi connectivity index (χ2v) is 4.49. The van der Waals surface area contributed by atoms with E-state index in [0.29, 0.717) is 6.54 Å². The van der Waals surface area contributed by atoms with E-state index in [2.05, 4.69) is 5.10 Å². The fraction of sp³-hybridized carbons (Fsp3) is 0.222. The van der Waals surface area contributed by atoms with Crippen molar-refractivity contribution < 1.29 is 0 Å². The molecule has 0 aliphatic rings. The highest BCUT2D eigenvalue weighted by molar-refractivity contribution is 7.14. The van der Waals surface area contributed by atoms with Crippen LogP contribution < -0.4 is 5.73 Å². The predicted molar refractivity (Wildman–Crippen MR) is 58.5 cm³/mol. The zero-order valence-electron chi connectivity index (χ0n) is 7.48. The number of thiophene rings is 1. The molecule has 0 spiro atoms. The maximum absolute atomic E-state index is 5.84. The molecule has 0 unspecified atom stereocenters. The highest BCUT2D eigenvalue weighted by atomic mass is 35.5. The van der Waals surface area contributed by atoms with Crippen molar-refractivity contribution in [3.8, 4) is 0 Å². The van der Waals surface area contributed by atoms with Crippen LogP contribution in [0.25, 0.3) is 0 Å². The lowest BCUT2D eigenvalue weighted by atomic mass is 10.3. The Balaban J connectivity index is 2.18. The lowest BCUT2D eigenvalue weighted by Gasteiger charge is -2.03. The van der Waals surface area contributed by atoms with Crippen LogP contribution in [0.2, 0.25) is 4.34 Å². The topological polar surface area (TPSA) is 43.8 Å². The summed E-state index contributed by atoms with van der Waals surface area (Å²) in [5.41, 5.74) is 7.77. The molecule has 0 aromatic carbocycles. The van der Waals surface area contributed by atoms with Crippen LogP contribution in [0.1, 0.15) is 11.3 Å². The molecule has 2 rings (SSSR count). The average Bonchev–Trinajstić information content (AvgIpc) is 2.76. The van der Waals surface area contributed by atoms with Crippen molar-refractivity contribution in [3.63, 3.8) is 0 Å². The van der Waals surface area contributed by atoms with E-state index in [1.54, 1.807) is 6.20 Å². The minimum Gasteiger partial charge on any atom is -0.325 e. The summed E-state index contributed by atoms with van der Waals surface area (Å²) in [5.74, 6) is 0. The molecule has 0 radical (unpaired) electrons. The van der Waals surface area contributed by atoms with Crippen LogP contribution in [-0.2, 0) is 13.1 Å². The van der Waals surface area contributed by atoms with Crippen molar-refractivity contribution in [2.24, 2.45) is 5.73 Å². The Kier molecular flexibility index (Phi) is 2.86. The lowest BCUT2D eigenvalue weighted by Crippen LogP contribution is -2.09. The van der Waals surface area contributed by atoms with Gasteiger partial charge in [0, 0.05) is 12.7 Å². The van der Waals surface area contributed by atoms with Crippen LogP contribution in [0.5, 0.6) is 0 Å². The predicted octanol–water partition coefficient (Wildman–Crippen LogP) is 2.10. The second kappa shape index (κ2) is 4.13. The van der Waals surface area contributed by atoms with E-state index in [1.807, 2.05) is 22.2 Å². The van der Waals surface area contributed by atoms with Crippen LogP contribution in [-0.4, -0.2) is 9.78 Å². The SMILES string of the molecule is NCc1ccnn1Cc1csc(Cl)c1. The summed E-state index contributed by atoms with van der Waals surface area (Å²) in [6.45, 7) is 1.25.